The average molecular weight is 435 g/mol. The number of nitriles is 1. The van der Waals surface area contributed by atoms with E-state index in [0.717, 1.165) is 0 Å². The number of nitrogens with zero attached hydrogens (tertiary/aromatic N) is 3. The van der Waals surface area contributed by atoms with Gasteiger partial charge in [0.15, 0.2) is 0 Å². The number of rotatable bonds is 4. The van der Waals surface area contributed by atoms with Crippen molar-refractivity contribution in [3.63, 3.8) is 0 Å². The summed E-state index contributed by atoms with van der Waals surface area (Å²) in [5.41, 5.74) is -1.22. The Morgan fingerprint density at radius 3 is 2.26 bits per heavy atom. The van der Waals surface area contributed by atoms with Gasteiger partial charge in [-0.1, -0.05) is 6.58 Å². The highest BCUT2D eigenvalue weighted by Crippen LogP contribution is 2.36. The molecule has 1 aromatic carbocycles. The normalized spacial score (nSPS) is 12.8. The monoisotopic (exact) mass is 435 g/mol. The molecule has 0 N–H and O–H groups in total. The fraction of sp³-hybridized carbons (Fsp3) is 0.182. The van der Waals surface area contributed by atoms with E-state index in [4.69, 9.17) is 0 Å². The van der Waals surface area contributed by atoms with Crippen LogP contribution < -0.4 is 0 Å². The number of fused-ring (bicyclic) bond motifs is 1. The van der Waals surface area contributed by atoms with Crippen molar-refractivity contribution >= 4 is 17.1 Å². The first-order valence-electron chi connectivity index (χ1n) is 8.90. The lowest BCUT2D eigenvalue weighted by atomic mass is 10.0. The van der Waals surface area contributed by atoms with Crippen LogP contribution in [0.1, 0.15) is 29.2 Å². The predicted octanol–water partition coefficient (Wildman–Crippen LogP) is 6.61. The van der Waals surface area contributed by atoms with Crippen LogP contribution >= 0.6 is 0 Å². The number of aromatic nitrogens is 2. The Morgan fingerprint density at radius 1 is 1.13 bits per heavy atom. The molecule has 0 fully saturated rings. The van der Waals surface area contributed by atoms with Crippen molar-refractivity contribution in [2.45, 2.75) is 25.8 Å². The first-order valence-corrected chi connectivity index (χ1v) is 8.90. The topological polar surface area (TPSA) is 41.6 Å². The second kappa shape index (κ2) is 7.95. The van der Waals surface area contributed by atoms with Crippen LogP contribution in [0.15, 0.2) is 60.5 Å². The van der Waals surface area contributed by atoms with Gasteiger partial charge in [0.1, 0.15) is 5.65 Å². The van der Waals surface area contributed by atoms with Gasteiger partial charge in [-0.2, -0.15) is 31.6 Å². The summed E-state index contributed by atoms with van der Waals surface area (Å²) in [5.74, 6) is 0. The van der Waals surface area contributed by atoms with Gasteiger partial charge in [-0.05, 0) is 54.5 Å². The van der Waals surface area contributed by atoms with E-state index in [0.29, 0.717) is 39.9 Å². The SMILES string of the molecule is C=C(C)/C(C#N)=C/c1cn(Cc2cc(C(F)(F)F)cc(C(F)(F)F)c2)c2ncccc12. The van der Waals surface area contributed by atoms with Gasteiger partial charge >= 0.3 is 12.4 Å². The molecule has 2 aromatic heterocycles. The molecule has 3 rings (SSSR count). The number of hydrogen-bond donors (Lipinski definition) is 0. The van der Waals surface area contributed by atoms with E-state index in [-0.39, 0.29) is 18.2 Å². The minimum absolute atomic E-state index is 0.0930. The third-order valence-electron chi connectivity index (χ3n) is 4.55. The molecule has 3 nitrogen and oxygen atoms in total. The maximum atomic E-state index is 13.2. The number of hydrogen-bond acceptors (Lipinski definition) is 2. The first-order chi connectivity index (χ1) is 14.4. The molecule has 2 heterocycles. The third kappa shape index (κ3) is 4.79. The number of pyridine rings is 1. The predicted molar refractivity (Wildman–Crippen MR) is 104 cm³/mol. The molecule has 9 heteroatoms. The van der Waals surface area contributed by atoms with E-state index in [1.165, 1.54) is 17.0 Å². The summed E-state index contributed by atoms with van der Waals surface area (Å²) in [7, 11) is 0. The van der Waals surface area contributed by atoms with Crippen LogP contribution in [0, 0.1) is 11.3 Å². The van der Waals surface area contributed by atoms with Crippen molar-refractivity contribution in [2.75, 3.05) is 0 Å². The minimum atomic E-state index is -4.93. The van der Waals surface area contributed by atoms with Crippen molar-refractivity contribution < 1.29 is 26.3 Å². The van der Waals surface area contributed by atoms with E-state index >= 15 is 0 Å². The summed E-state index contributed by atoms with van der Waals surface area (Å²) in [6.07, 6.45) is -5.31. The maximum Gasteiger partial charge on any atom is 0.416 e. The molecule has 0 spiro atoms. The molecule has 0 aliphatic carbocycles. The first kappa shape index (κ1) is 22.2. The van der Waals surface area contributed by atoms with E-state index in [9.17, 15) is 31.6 Å². The lowest BCUT2D eigenvalue weighted by Crippen LogP contribution is -2.12. The van der Waals surface area contributed by atoms with E-state index < -0.39 is 23.5 Å². The van der Waals surface area contributed by atoms with Gasteiger partial charge in [-0.25, -0.2) is 4.98 Å². The van der Waals surface area contributed by atoms with E-state index in [1.54, 1.807) is 25.1 Å². The number of allylic oxidation sites excluding steroid dienone is 2. The van der Waals surface area contributed by atoms with Gasteiger partial charge in [0.2, 0.25) is 0 Å². The molecule has 3 aromatic rings. The maximum absolute atomic E-state index is 13.2. The van der Waals surface area contributed by atoms with Crippen molar-refractivity contribution in [2.24, 2.45) is 0 Å². The summed E-state index contributed by atoms with van der Waals surface area (Å²) in [6.45, 7) is 5.09. The fourth-order valence-electron chi connectivity index (χ4n) is 3.10. The van der Waals surface area contributed by atoms with Gasteiger partial charge in [-0.15, -0.1) is 0 Å². The molecule has 0 atom stereocenters. The van der Waals surface area contributed by atoms with E-state index in [2.05, 4.69) is 11.6 Å². The van der Waals surface area contributed by atoms with Crippen LogP contribution in [-0.4, -0.2) is 9.55 Å². The minimum Gasteiger partial charge on any atom is -0.327 e. The van der Waals surface area contributed by atoms with Gasteiger partial charge in [-0.3, -0.25) is 0 Å². The molecule has 0 bridgehead atoms. The van der Waals surface area contributed by atoms with Crippen molar-refractivity contribution in [1.29, 1.82) is 5.26 Å². The third-order valence-corrected chi connectivity index (χ3v) is 4.55. The quantitative estimate of drug-likeness (QED) is 0.263. The Balaban J connectivity index is 2.15. The second-order valence-electron chi connectivity index (χ2n) is 6.95. The molecule has 160 valence electrons. The van der Waals surface area contributed by atoms with Gasteiger partial charge in [0.25, 0.3) is 0 Å². The molecule has 0 saturated heterocycles. The Morgan fingerprint density at radius 2 is 1.74 bits per heavy atom. The Kier molecular flexibility index (Phi) is 5.68. The smallest absolute Gasteiger partial charge is 0.327 e. The standard InChI is InChI=1S/C22H15F6N3/c1-13(2)15(10-29)8-16-12-31(20-19(16)4-3-5-30-20)11-14-6-17(21(23,24)25)9-18(7-14)22(26,27)28/h3-9,12H,1,11H2,2H3/b15-8+. The summed E-state index contributed by atoms with van der Waals surface area (Å²) in [6, 6.07) is 6.82. The van der Waals surface area contributed by atoms with Crippen LogP contribution in [-0.2, 0) is 18.9 Å². The highest BCUT2D eigenvalue weighted by atomic mass is 19.4. The zero-order valence-corrected chi connectivity index (χ0v) is 16.1. The molecule has 0 aliphatic rings. The average Bonchev–Trinajstić information content (AvgIpc) is 3.01. The summed E-state index contributed by atoms with van der Waals surface area (Å²) < 4.78 is 80.4. The van der Waals surface area contributed by atoms with Crippen molar-refractivity contribution in [3.05, 3.63) is 82.7 Å². The van der Waals surface area contributed by atoms with Gasteiger partial charge in [0.05, 0.1) is 22.8 Å². The molecular formula is C22H15F6N3. The van der Waals surface area contributed by atoms with Crippen LogP contribution in [0.3, 0.4) is 0 Å². The molecule has 0 radical (unpaired) electrons. The highest BCUT2D eigenvalue weighted by Gasteiger charge is 2.36. The van der Waals surface area contributed by atoms with Crippen LogP contribution in [0.4, 0.5) is 26.3 Å². The molecule has 0 saturated carbocycles. The summed E-state index contributed by atoms with van der Waals surface area (Å²) in [5, 5.41) is 9.87. The largest absolute Gasteiger partial charge is 0.416 e. The number of alkyl halides is 6. The Bertz CT molecular complexity index is 1190. The zero-order valence-electron chi connectivity index (χ0n) is 16.1. The fourth-order valence-corrected chi connectivity index (χ4v) is 3.10. The van der Waals surface area contributed by atoms with Gasteiger partial charge in [0, 0.05) is 29.9 Å². The molecule has 0 unspecified atom stereocenters. The lowest BCUT2D eigenvalue weighted by molar-refractivity contribution is -0.143. The molecule has 31 heavy (non-hydrogen) atoms. The molecule has 0 amide bonds. The van der Waals surface area contributed by atoms with Crippen molar-refractivity contribution in [1.82, 2.24) is 9.55 Å². The second-order valence-corrected chi connectivity index (χ2v) is 6.95. The van der Waals surface area contributed by atoms with Crippen LogP contribution in [0.2, 0.25) is 0 Å². The Labute approximate surface area is 173 Å². The summed E-state index contributed by atoms with van der Waals surface area (Å²) in [4.78, 5) is 4.20. The molecular weight excluding hydrogens is 420 g/mol. The number of halogens is 6. The lowest BCUT2D eigenvalue weighted by Gasteiger charge is -2.14. The van der Waals surface area contributed by atoms with Crippen molar-refractivity contribution in [3.8, 4) is 6.07 Å². The highest BCUT2D eigenvalue weighted by molar-refractivity contribution is 5.88. The van der Waals surface area contributed by atoms with Crippen LogP contribution in [0.25, 0.3) is 17.1 Å². The van der Waals surface area contributed by atoms with Gasteiger partial charge < -0.3 is 4.57 Å². The zero-order chi connectivity index (χ0) is 23.0. The summed E-state index contributed by atoms with van der Waals surface area (Å²) >= 11 is 0. The molecule has 0 aliphatic heterocycles. The van der Waals surface area contributed by atoms with E-state index in [1.807, 2.05) is 6.07 Å². The van der Waals surface area contributed by atoms with Crippen LogP contribution in [0.5, 0.6) is 0 Å². The number of benzene rings is 1. The Hall–Kier alpha value is -3.54.